The maximum Gasteiger partial charge on any atom is 0.261 e. The number of aromatic nitrogens is 2. The highest BCUT2D eigenvalue weighted by atomic mass is 79.9. The normalized spacial score (nSPS) is 10.6. The minimum atomic E-state index is -0.0929. The van der Waals surface area contributed by atoms with E-state index in [4.69, 9.17) is 11.6 Å². The van der Waals surface area contributed by atoms with Crippen LogP contribution in [0.3, 0.4) is 0 Å². The minimum Gasteiger partial charge on any atom is -0.349 e. The molecule has 0 saturated carbocycles. The summed E-state index contributed by atoms with van der Waals surface area (Å²) in [6, 6.07) is 1.79. The van der Waals surface area contributed by atoms with Gasteiger partial charge in [-0.3, -0.25) is 9.48 Å². The summed E-state index contributed by atoms with van der Waals surface area (Å²) < 4.78 is 3.48. The third-order valence-corrected chi connectivity index (χ3v) is 5.55. The molecule has 0 aromatic carbocycles. The van der Waals surface area contributed by atoms with Crippen molar-refractivity contribution in [2.45, 2.75) is 6.54 Å². The first kappa shape index (κ1) is 14.0. The summed E-state index contributed by atoms with van der Waals surface area (Å²) in [5, 5.41) is 7.44. The topological polar surface area (TPSA) is 46.9 Å². The van der Waals surface area contributed by atoms with Crippen LogP contribution in [-0.4, -0.2) is 22.2 Å². The van der Waals surface area contributed by atoms with Gasteiger partial charge in [-0.1, -0.05) is 11.6 Å². The van der Waals surface area contributed by atoms with Gasteiger partial charge in [0, 0.05) is 17.2 Å². The number of nitrogens with one attached hydrogen (secondary N) is 1. The lowest BCUT2D eigenvalue weighted by atomic mass is 10.4. The number of nitrogens with zero attached hydrogens (tertiary/aromatic N) is 2. The molecule has 2 rings (SSSR count). The molecule has 8 heteroatoms. The van der Waals surface area contributed by atoms with Gasteiger partial charge < -0.3 is 5.32 Å². The van der Waals surface area contributed by atoms with Crippen LogP contribution in [0.25, 0.3) is 0 Å². The molecule has 0 bridgehead atoms. The molecule has 0 radical (unpaired) electrons. The Kier molecular flexibility index (Phi) is 4.83. The molecule has 0 spiro atoms. The monoisotopic (exact) mass is 411 g/mol. The number of rotatable bonds is 4. The number of hydrogen-bond acceptors (Lipinski definition) is 3. The van der Waals surface area contributed by atoms with Gasteiger partial charge in [0.25, 0.3) is 5.91 Å². The zero-order valence-corrected chi connectivity index (χ0v) is 13.7. The van der Waals surface area contributed by atoms with Gasteiger partial charge in [-0.15, -0.1) is 11.3 Å². The molecule has 1 amide bonds. The Labute approximate surface area is 130 Å². The van der Waals surface area contributed by atoms with Crippen LogP contribution in [0.1, 0.15) is 9.67 Å². The molecular formula is C10H8Br2ClN3OS. The van der Waals surface area contributed by atoms with E-state index in [0.29, 0.717) is 23.0 Å². The summed E-state index contributed by atoms with van der Waals surface area (Å²) in [4.78, 5) is 12.5. The first-order valence-corrected chi connectivity index (χ1v) is 7.75. The molecule has 0 unspecified atom stereocenters. The molecule has 1 N–H and O–H groups in total. The van der Waals surface area contributed by atoms with Crippen LogP contribution in [0.4, 0.5) is 0 Å². The lowest BCUT2D eigenvalue weighted by Gasteiger charge is -2.03. The van der Waals surface area contributed by atoms with Crippen molar-refractivity contribution in [3.8, 4) is 0 Å². The van der Waals surface area contributed by atoms with Crippen LogP contribution in [0, 0.1) is 0 Å². The summed E-state index contributed by atoms with van der Waals surface area (Å²) >= 11 is 13.8. The second-order valence-electron chi connectivity index (χ2n) is 3.41. The van der Waals surface area contributed by atoms with Crippen LogP contribution in [0.5, 0.6) is 0 Å². The second-order valence-corrected chi connectivity index (χ2v) is 7.07. The highest BCUT2D eigenvalue weighted by Crippen LogP contribution is 2.32. The maximum atomic E-state index is 11.8. The van der Waals surface area contributed by atoms with Crippen LogP contribution in [0.15, 0.2) is 26.7 Å². The average Bonchev–Trinajstić information content (AvgIpc) is 2.87. The van der Waals surface area contributed by atoms with Crippen molar-refractivity contribution in [3.63, 3.8) is 0 Å². The Hall–Kier alpha value is -0.370. The molecule has 0 aliphatic rings. The van der Waals surface area contributed by atoms with Gasteiger partial charge in [-0.05, 0) is 37.9 Å². The van der Waals surface area contributed by atoms with Gasteiger partial charge in [-0.25, -0.2) is 0 Å². The fraction of sp³-hybridized carbons (Fsp3) is 0.200. The highest BCUT2D eigenvalue weighted by Gasteiger charge is 2.11. The van der Waals surface area contributed by atoms with Crippen molar-refractivity contribution >= 4 is 60.7 Å². The zero-order valence-electron chi connectivity index (χ0n) is 8.99. The van der Waals surface area contributed by atoms with Crippen LogP contribution in [0.2, 0.25) is 5.02 Å². The van der Waals surface area contributed by atoms with E-state index in [2.05, 4.69) is 42.3 Å². The van der Waals surface area contributed by atoms with E-state index >= 15 is 0 Å². The maximum absolute atomic E-state index is 11.8. The van der Waals surface area contributed by atoms with Gasteiger partial charge in [0.05, 0.1) is 26.4 Å². The smallest absolute Gasteiger partial charge is 0.261 e. The van der Waals surface area contributed by atoms with E-state index in [1.54, 1.807) is 23.1 Å². The number of halogens is 3. The van der Waals surface area contributed by atoms with Crippen molar-refractivity contribution in [1.29, 1.82) is 0 Å². The predicted octanol–water partition coefficient (Wildman–Crippen LogP) is 3.55. The molecule has 2 aromatic heterocycles. The Balaban J connectivity index is 1.85. The van der Waals surface area contributed by atoms with Crippen LogP contribution in [-0.2, 0) is 6.54 Å². The first-order chi connectivity index (χ1) is 8.56. The summed E-state index contributed by atoms with van der Waals surface area (Å²) in [5.41, 5.74) is 0. The molecule has 4 nitrogen and oxygen atoms in total. The Morgan fingerprint density at radius 1 is 1.56 bits per heavy atom. The molecule has 0 fully saturated rings. The largest absolute Gasteiger partial charge is 0.349 e. The van der Waals surface area contributed by atoms with Gasteiger partial charge in [-0.2, -0.15) is 5.10 Å². The van der Waals surface area contributed by atoms with Gasteiger partial charge >= 0.3 is 0 Å². The fourth-order valence-corrected chi connectivity index (χ4v) is 3.40. The lowest BCUT2D eigenvalue weighted by Crippen LogP contribution is -2.26. The quantitative estimate of drug-likeness (QED) is 0.833. The van der Waals surface area contributed by atoms with Crippen molar-refractivity contribution < 1.29 is 4.79 Å². The van der Waals surface area contributed by atoms with E-state index in [0.717, 1.165) is 8.26 Å². The predicted molar refractivity (Wildman–Crippen MR) is 79.3 cm³/mol. The van der Waals surface area contributed by atoms with Gasteiger partial charge in [0.15, 0.2) is 0 Å². The molecule has 96 valence electrons. The summed E-state index contributed by atoms with van der Waals surface area (Å²) in [6.45, 7) is 1.09. The van der Waals surface area contributed by atoms with E-state index < -0.39 is 0 Å². The Morgan fingerprint density at radius 3 is 2.89 bits per heavy atom. The number of carbonyl (C=O) groups is 1. The van der Waals surface area contributed by atoms with Gasteiger partial charge in [0.1, 0.15) is 0 Å². The molecule has 0 aliphatic carbocycles. The van der Waals surface area contributed by atoms with Crippen molar-refractivity contribution in [3.05, 3.63) is 36.6 Å². The first-order valence-electron chi connectivity index (χ1n) is 4.97. The van der Waals surface area contributed by atoms with Gasteiger partial charge in [0.2, 0.25) is 0 Å². The molecule has 0 aliphatic heterocycles. The molecule has 0 atom stereocenters. The van der Waals surface area contributed by atoms with Crippen molar-refractivity contribution in [2.75, 3.05) is 6.54 Å². The SMILES string of the molecule is O=C(NCCn1cc(Cl)cn1)c1cc(Br)c(Br)s1. The summed E-state index contributed by atoms with van der Waals surface area (Å²) in [7, 11) is 0. The fourth-order valence-electron chi connectivity index (χ4n) is 1.29. The second kappa shape index (κ2) is 6.18. The number of carbonyl (C=O) groups excluding carboxylic acids is 1. The molecule has 18 heavy (non-hydrogen) atoms. The Bertz CT molecular complexity index is 550. The van der Waals surface area contributed by atoms with E-state index in [9.17, 15) is 4.79 Å². The van der Waals surface area contributed by atoms with Crippen molar-refractivity contribution in [2.24, 2.45) is 0 Å². The van der Waals surface area contributed by atoms with E-state index in [1.165, 1.54) is 11.3 Å². The highest BCUT2D eigenvalue weighted by molar-refractivity contribution is 9.13. The van der Waals surface area contributed by atoms with Crippen LogP contribution >= 0.6 is 54.8 Å². The number of amides is 1. The standard InChI is InChI=1S/C10H8Br2ClN3OS/c11-7-3-8(18-9(7)12)10(17)14-1-2-16-5-6(13)4-15-16/h3-5H,1-2H2,(H,14,17). The summed E-state index contributed by atoms with van der Waals surface area (Å²) in [5.74, 6) is -0.0929. The molecular weight excluding hydrogens is 405 g/mol. The Morgan fingerprint density at radius 2 is 2.33 bits per heavy atom. The number of hydrogen-bond donors (Lipinski definition) is 1. The van der Waals surface area contributed by atoms with E-state index in [-0.39, 0.29) is 5.91 Å². The third kappa shape index (κ3) is 3.57. The molecule has 2 heterocycles. The lowest BCUT2D eigenvalue weighted by molar-refractivity contribution is 0.0956. The average molecular weight is 414 g/mol. The van der Waals surface area contributed by atoms with Crippen molar-refractivity contribution in [1.82, 2.24) is 15.1 Å². The number of thiophene rings is 1. The zero-order chi connectivity index (χ0) is 13.1. The third-order valence-electron chi connectivity index (χ3n) is 2.10. The minimum absolute atomic E-state index is 0.0929. The van der Waals surface area contributed by atoms with Crippen LogP contribution < -0.4 is 5.32 Å². The molecule has 2 aromatic rings. The van der Waals surface area contributed by atoms with E-state index in [1.807, 2.05) is 0 Å². The summed E-state index contributed by atoms with van der Waals surface area (Å²) in [6.07, 6.45) is 3.28. The molecule has 0 saturated heterocycles.